The lowest BCUT2D eigenvalue weighted by molar-refractivity contribution is 0.0683. The van der Waals surface area contributed by atoms with Crippen LogP contribution in [-0.2, 0) is 0 Å². The van der Waals surface area contributed by atoms with Crippen molar-refractivity contribution in [1.29, 1.82) is 0 Å². The molecule has 1 amide bonds. The number of fused-ring (bicyclic) bond motifs is 2. The van der Waals surface area contributed by atoms with Gasteiger partial charge in [0.25, 0.3) is 5.91 Å². The van der Waals surface area contributed by atoms with E-state index in [2.05, 4.69) is 0 Å². The second-order valence-corrected chi connectivity index (χ2v) is 10.8. The fourth-order valence-corrected chi connectivity index (χ4v) is 6.15. The Morgan fingerprint density at radius 2 is 1.52 bits per heavy atom. The third-order valence-corrected chi connectivity index (χ3v) is 8.15. The van der Waals surface area contributed by atoms with Gasteiger partial charge in [-0.3, -0.25) is 4.79 Å². The zero-order valence-corrected chi connectivity index (χ0v) is 22.8. The quantitative estimate of drug-likeness (QED) is 0.223. The fraction of sp³-hybridized carbons (Fsp3) is 0.139. The number of hydrogen-bond acceptors (Lipinski definition) is 3. The molecule has 1 aromatic heterocycles. The maximum absolute atomic E-state index is 14.6. The van der Waals surface area contributed by atoms with Crippen molar-refractivity contribution < 1.29 is 13.6 Å². The highest BCUT2D eigenvalue weighted by Crippen LogP contribution is 2.45. The van der Waals surface area contributed by atoms with Crippen LogP contribution >= 0.6 is 0 Å². The molecule has 0 radical (unpaired) electrons. The molecule has 1 fully saturated rings. The standard InChI is InChI=1S/C36H27F2N3O/c37-27-17-13-23(14-18-27)21-26-9-6-11-30-34(26)40-41(35(30)25-15-19-28(38)20-16-25)36(42)31-22-33(24-7-2-1-3-8-24)39-32-12-5-4-10-29(31)32/h1-5,7-8,10,12-22,30,35H,6,9,11H2/b26-21+/t30-,35+/m0/s1. The SMILES string of the molecule is O=C(c1cc(-c2ccccc2)nc2ccccc12)N1N=C2/C(=C/c3ccc(F)cc3)CCC[C@@H]2[C@H]1c1ccc(F)cc1. The molecule has 1 aliphatic carbocycles. The summed E-state index contributed by atoms with van der Waals surface area (Å²) in [6.07, 6.45) is 4.61. The number of rotatable bonds is 4. The Morgan fingerprint density at radius 1 is 0.833 bits per heavy atom. The van der Waals surface area contributed by atoms with Crippen molar-refractivity contribution in [2.45, 2.75) is 25.3 Å². The molecule has 4 nitrogen and oxygen atoms in total. The number of pyridine rings is 1. The summed E-state index contributed by atoms with van der Waals surface area (Å²) in [6.45, 7) is 0. The van der Waals surface area contributed by atoms with Crippen LogP contribution in [0.5, 0.6) is 0 Å². The highest BCUT2D eigenvalue weighted by Gasteiger charge is 2.44. The van der Waals surface area contributed by atoms with Gasteiger partial charge in [-0.15, -0.1) is 0 Å². The van der Waals surface area contributed by atoms with E-state index in [0.29, 0.717) is 11.3 Å². The molecule has 0 saturated heterocycles. The van der Waals surface area contributed by atoms with Crippen LogP contribution in [0.1, 0.15) is 46.8 Å². The maximum Gasteiger partial charge on any atom is 0.275 e. The van der Waals surface area contributed by atoms with Crippen LogP contribution < -0.4 is 0 Å². The number of allylic oxidation sites excluding steroid dienone is 1. The first kappa shape index (κ1) is 26.0. The molecule has 42 heavy (non-hydrogen) atoms. The number of aromatic nitrogens is 1. The molecular weight excluding hydrogens is 528 g/mol. The Balaban J connectivity index is 1.37. The van der Waals surface area contributed by atoms with Crippen LogP contribution in [0.25, 0.3) is 28.2 Å². The number of amides is 1. The number of benzene rings is 4. The van der Waals surface area contributed by atoms with Gasteiger partial charge in [-0.05, 0) is 78.4 Å². The molecule has 2 aliphatic rings. The van der Waals surface area contributed by atoms with E-state index >= 15 is 0 Å². The first-order valence-electron chi connectivity index (χ1n) is 14.1. The summed E-state index contributed by atoms with van der Waals surface area (Å²) in [4.78, 5) is 19.5. The second kappa shape index (κ2) is 10.8. The summed E-state index contributed by atoms with van der Waals surface area (Å²) in [7, 11) is 0. The number of hydrazone groups is 1. The van der Waals surface area contributed by atoms with Gasteiger partial charge in [-0.25, -0.2) is 18.8 Å². The minimum Gasteiger partial charge on any atom is -0.267 e. The van der Waals surface area contributed by atoms with Crippen molar-refractivity contribution in [3.8, 4) is 11.3 Å². The lowest BCUT2D eigenvalue weighted by Gasteiger charge is -2.30. The van der Waals surface area contributed by atoms with Crippen molar-refractivity contribution in [2.24, 2.45) is 11.0 Å². The number of hydrogen-bond donors (Lipinski definition) is 0. The van der Waals surface area contributed by atoms with E-state index in [0.717, 1.165) is 58.1 Å². The Kier molecular flexibility index (Phi) is 6.67. The predicted molar refractivity (Wildman–Crippen MR) is 162 cm³/mol. The minimum absolute atomic E-state index is 0.0541. The summed E-state index contributed by atoms with van der Waals surface area (Å²) in [6, 6.07) is 31.6. The first-order valence-corrected chi connectivity index (χ1v) is 14.1. The third kappa shape index (κ3) is 4.79. The molecule has 4 aromatic carbocycles. The van der Waals surface area contributed by atoms with Crippen LogP contribution in [-0.4, -0.2) is 21.6 Å². The normalized spacial score (nSPS) is 19.1. The Hall–Kier alpha value is -4.97. The molecule has 0 N–H and O–H groups in total. The number of halogens is 2. The fourth-order valence-electron chi connectivity index (χ4n) is 6.15. The molecule has 1 aliphatic heterocycles. The van der Waals surface area contributed by atoms with Crippen LogP contribution in [0.4, 0.5) is 8.78 Å². The van der Waals surface area contributed by atoms with Gasteiger partial charge >= 0.3 is 0 Å². The molecule has 0 spiro atoms. The zero-order chi connectivity index (χ0) is 28.6. The summed E-state index contributed by atoms with van der Waals surface area (Å²) in [5.74, 6) is -0.905. The molecular formula is C36H27F2N3O. The van der Waals surface area contributed by atoms with Gasteiger partial charge in [0.1, 0.15) is 11.6 Å². The number of nitrogens with zero attached hydrogens (tertiary/aromatic N) is 3. The molecule has 1 saturated carbocycles. The zero-order valence-electron chi connectivity index (χ0n) is 22.8. The second-order valence-electron chi connectivity index (χ2n) is 10.8. The lowest BCUT2D eigenvalue weighted by Crippen LogP contribution is -2.32. The van der Waals surface area contributed by atoms with Crippen LogP contribution in [0, 0.1) is 17.6 Å². The molecule has 2 atom stereocenters. The number of para-hydroxylation sites is 1. The predicted octanol–water partition coefficient (Wildman–Crippen LogP) is 8.62. The molecule has 6 heteroatoms. The average molecular weight is 556 g/mol. The molecule has 0 bridgehead atoms. The Morgan fingerprint density at radius 3 is 2.29 bits per heavy atom. The summed E-state index contributed by atoms with van der Waals surface area (Å²) in [5, 5.41) is 7.35. The minimum atomic E-state index is -0.392. The van der Waals surface area contributed by atoms with Crippen LogP contribution in [0.3, 0.4) is 0 Å². The van der Waals surface area contributed by atoms with E-state index < -0.39 is 6.04 Å². The summed E-state index contributed by atoms with van der Waals surface area (Å²) in [5.41, 5.74) is 6.46. The van der Waals surface area contributed by atoms with Crippen molar-refractivity contribution in [2.75, 3.05) is 0 Å². The van der Waals surface area contributed by atoms with E-state index in [9.17, 15) is 13.6 Å². The monoisotopic (exact) mass is 555 g/mol. The van der Waals surface area contributed by atoms with E-state index in [1.54, 1.807) is 29.3 Å². The highest BCUT2D eigenvalue weighted by atomic mass is 19.1. The number of carbonyl (C=O) groups excluding carboxylic acids is 1. The first-order chi connectivity index (χ1) is 20.5. The van der Waals surface area contributed by atoms with Crippen molar-refractivity contribution in [3.05, 3.63) is 143 Å². The molecule has 7 rings (SSSR count). The Labute approximate surface area is 242 Å². The van der Waals surface area contributed by atoms with E-state index in [1.165, 1.54) is 24.3 Å². The van der Waals surface area contributed by atoms with E-state index in [4.69, 9.17) is 10.1 Å². The molecule has 0 unspecified atom stereocenters. The largest absolute Gasteiger partial charge is 0.275 e. The topological polar surface area (TPSA) is 45.6 Å². The van der Waals surface area contributed by atoms with Crippen molar-refractivity contribution in [1.82, 2.24) is 9.99 Å². The van der Waals surface area contributed by atoms with Gasteiger partial charge in [-0.2, -0.15) is 5.10 Å². The summed E-state index contributed by atoms with van der Waals surface area (Å²) < 4.78 is 27.6. The molecule has 2 heterocycles. The van der Waals surface area contributed by atoms with Gasteiger partial charge in [0.05, 0.1) is 28.5 Å². The summed E-state index contributed by atoms with van der Waals surface area (Å²) >= 11 is 0. The third-order valence-electron chi connectivity index (χ3n) is 8.15. The van der Waals surface area contributed by atoms with E-state index in [-0.39, 0.29) is 23.5 Å². The van der Waals surface area contributed by atoms with Crippen LogP contribution in [0.15, 0.2) is 120 Å². The van der Waals surface area contributed by atoms with Gasteiger partial charge in [0.15, 0.2) is 0 Å². The van der Waals surface area contributed by atoms with E-state index in [1.807, 2.05) is 66.7 Å². The van der Waals surface area contributed by atoms with Gasteiger partial charge in [0, 0.05) is 16.9 Å². The highest BCUT2D eigenvalue weighted by molar-refractivity contribution is 6.12. The molecule has 206 valence electrons. The van der Waals surface area contributed by atoms with Gasteiger partial charge in [0.2, 0.25) is 0 Å². The number of carbonyl (C=O) groups is 1. The van der Waals surface area contributed by atoms with Gasteiger partial charge in [-0.1, -0.05) is 72.8 Å². The maximum atomic E-state index is 14.6. The van der Waals surface area contributed by atoms with Crippen molar-refractivity contribution in [3.63, 3.8) is 0 Å². The lowest BCUT2D eigenvalue weighted by atomic mass is 9.77. The van der Waals surface area contributed by atoms with Gasteiger partial charge < -0.3 is 0 Å². The molecule has 5 aromatic rings. The smallest absolute Gasteiger partial charge is 0.267 e. The Bertz CT molecular complexity index is 1850. The average Bonchev–Trinajstić information content (AvgIpc) is 3.43. The van der Waals surface area contributed by atoms with Crippen LogP contribution in [0.2, 0.25) is 0 Å². The van der Waals surface area contributed by atoms with Crippen molar-refractivity contribution >= 4 is 28.6 Å².